The highest BCUT2D eigenvalue weighted by Gasteiger charge is 2.12. The molecule has 0 aromatic carbocycles. The average molecular weight is 212 g/mol. The van der Waals surface area contributed by atoms with Crippen LogP contribution in [0.5, 0.6) is 0 Å². The second kappa shape index (κ2) is 5.47. The molecular formula is C11H20N2S. The fourth-order valence-corrected chi connectivity index (χ4v) is 2.32. The van der Waals surface area contributed by atoms with E-state index in [2.05, 4.69) is 31.1 Å². The van der Waals surface area contributed by atoms with E-state index >= 15 is 0 Å². The smallest absolute Gasteiger partial charge is 0.110 e. The van der Waals surface area contributed by atoms with Gasteiger partial charge in [-0.3, -0.25) is 0 Å². The molecule has 1 heterocycles. The fourth-order valence-electron chi connectivity index (χ4n) is 1.34. The predicted octanol–water partition coefficient (Wildman–Crippen LogP) is 3.46. The fraction of sp³-hybridized carbons (Fsp3) is 0.727. The minimum Gasteiger partial charge on any atom is -0.322 e. The van der Waals surface area contributed by atoms with Crippen molar-refractivity contribution in [1.29, 1.82) is 0 Å². The molecule has 14 heavy (non-hydrogen) atoms. The molecule has 0 aliphatic heterocycles. The summed E-state index contributed by atoms with van der Waals surface area (Å²) in [6, 6.07) is 0.141. The molecule has 1 aromatic rings. The Bertz CT molecular complexity index is 270. The summed E-state index contributed by atoms with van der Waals surface area (Å²) < 4.78 is 0. The van der Waals surface area contributed by atoms with Crippen molar-refractivity contribution in [2.45, 2.75) is 52.0 Å². The van der Waals surface area contributed by atoms with Gasteiger partial charge in [0.05, 0.1) is 11.7 Å². The van der Waals surface area contributed by atoms with Crippen molar-refractivity contribution in [1.82, 2.24) is 4.98 Å². The highest BCUT2D eigenvalue weighted by Crippen LogP contribution is 2.25. The molecule has 3 heteroatoms. The van der Waals surface area contributed by atoms with E-state index in [1.54, 1.807) is 11.3 Å². The topological polar surface area (TPSA) is 38.9 Å². The summed E-state index contributed by atoms with van der Waals surface area (Å²) in [5.74, 6) is 0.564. The van der Waals surface area contributed by atoms with E-state index in [0.717, 1.165) is 24.3 Å². The molecule has 0 amide bonds. The second-order valence-corrected chi connectivity index (χ2v) is 4.70. The molecule has 2 unspecified atom stereocenters. The summed E-state index contributed by atoms with van der Waals surface area (Å²) in [7, 11) is 0. The zero-order chi connectivity index (χ0) is 10.6. The van der Waals surface area contributed by atoms with Crippen molar-refractivity contribution in [3.63, 3.8) is 0 Å². The summed E-state index contributed by atoms with van der Waals surface area (Å²) in [5, 5.41) is 3.25. The van der Waals surface area contributed by atoms with E-state index in [1.165, 1.54) is 5.69 Å². The van der Waals surface area contributed by atoms with Crippen LogP contribution in [0.25, 0.3) is 0 Å². The molecule has 2 nitrogen and oxygen atoms in total. The van der Waals surface area contributed by atoms with Crippen LogP contribution in [0.4, 0.5) is 0 Å². The van der Waals surface area contributed by atoms with Crippen molar-refractivity contribution in [3.8, 4) is 0 Å². The minimum absolute atomic E-state index is 0.141. The summed E-state index contributed by atoms with van der Waals surface area (Å²) in [6.07, 6.45) is 3.30. The van der Waals surface area contributed by atoms with Crippen LogP contribution in [0.15, 0.2) is 5.38 Å². The SMILES string of the molecule is CCCC(N)c1nc(C(C)CC)cs1. The molecule has 2 atom stereocenters. The lowest BCUT2D eigenvalue weighted by Gasteiger charge is -2.06. The maximum atomic E-state index is 6.01. The van der Waals surface area contributed by atoms with Crippen LogP contribution in [-0.2, 0) is 0 Å². The zero-order valence-corrected chi connectivity index (χ0v) is 10.1. The number of thiazole rings is 1. The Labute approximate surface area is 90.6 Å². The van der Waals surface area contributed by atoms with E-state index < -0.39 is 0 Å². The van der Waals surface area contributed by atoms with E-state index in [9.17, 15) is 0 Å². The van der Waals surface area contributed by atoms with Crippen LogP contribution >= 0.6 is 11.3 Å². The van der Waals surface area contributed by atoms with Gasteiger partial charge in [-0.05, 0) is 18.8 Å². The largest absolute Gasteiger partial charge is 0.322 e. The first-order valence-electron chi connectivity index (χ1n) is 5.39. The van der Waals surface area contributed by atoms with Crippen molar-refractivity contribution in [3.05, 3.63) is 16.1 Å². The number of nitrogens with zero attached hydrogens (tertiary/aromatic N) is 1. The second-order valence-electron chi connectivity index (χ2n) is 3.82. The standard InChI is InChI=1S/C11H20N2S/c1-4-6-9(12)11-13-10(7-14-11)8(3)5-2/h7-9H,4-6,12H2,1-3H3. The van der Waals surface area contributed by atoms with Gasteiger partial charge in [-0.2, -0.15) is 0 Å². The Morgan fingerprint density at radius 1 is 1.50 bits per heavy atom. The van der Waals surface area contributed by atoms with Crippen molar-refractivity contribution in [2.24, 2.45) is 5.73 Å². The quantitative estimate of drug-likeness (QED) is 0.812. The molecule has 0 fully saturated rings. The van der Waals surface area contributed by atoms with Crippen LogP contribution in [0.3, 0.4) is 0 Å². The van der Waals surface area contributed by atoms with Crippen molar-refractivity contribution in [2.75, 3.05) is 0 Å². The van der Waals surface area contributed by atoms with Crippen LogP contribution < -0.4 is 5.73 Å². The summed E-state index contributed by atoms with van der Waals surface area (Å²) in [6.45, 7) is 6.56. The van der Waals surface area contributed by atoms with E-state index in [4.69, 9.17) is 5.73 Å². The van der Waals surface area contributed by atoms with Gasteiger partial charge in [0.1, 0.15) is 5.01 Å². The molecule has 0 aliphatic rings. The van der Waals surface area contributed by atoms with Crippen LogP contribution in [-0.4, -0.2) is 4.98 Å². The van der Waals surface area contributed by atoms with Gasteiger partial charge in [0.15, 0.2) is 0 Å². The Balaban J connectivity index is 2.67. The Morgan fingerprint density at radius 3 is 2.79 bits per heavy atom. The van der Waals surface area contributed by atoms with Crippen LogP contribution in [0.1, 0.15) is 62.7 Å². The monoisotopic (exact) mass is 212 g/mol. The summed E-state index contributed by atoms with van der Waals surface area (Å²) >= 11 is 1.71. The maximum Gasteiger partial charge on any atom is 0.110 e. The molecule has 1 aromatic heterocycles. The van der Waals surface area contributed by atoms with Gasteiger partial charge in [-0.15, -0.1) is 11.3 Å². The minimum atomic E-state index is 0.141. The average Bonchev–Trinajstić information content (AvgIpc) is 2.66. The molecule has 1 rings (SSSR count). The first kappa shape index (κ1) is 11.7. The van der Waals surface area contributed by atoms with Gasteiger partial charge in [-0.25, -0.2) is 4.98 Å². The van der Waals surface area contributed by atoms with Crippen LogP contribution in [0.2, 0.25) is 0 Å². The Kier molecular flexibility index (Phi) is 4.55. The maximum absolute atomic E-state index is 6.01. The number of nitrogens with two attached hydrogens (primary N) is 1. The van der Waals surface area contributed by atoms with E-state index in [1.807, 2.05) is 0 Å². The summed E-state index contributed by atoms with van der Waals surface area (Å²) in [5.41, 5.74) is 7.22. The highest BCUT2D eigenvalue weighted by molar-refractivity contribution is 7.09. The molecule has 0 radical (unpaired) electrons. The van der Waals surface area contributed by atoms with Crippen molar-refractivity contribution < 1.29 is 0 Å². The molecular weight excluding hydrogens is 192 g/mol. The van der Waals surface area contributed by atoms with Crippen LogP contribution in [0, 0.1) is 0 Å². The number of rotatable bonds is 5. The van der Waals surface area contributed by atoms with Gasteiger partial charge in [0.2, 0.25) is 0 Å². The molecule has 0 saturated heterocycles. The highest BCUT2D eigenvalue weighted by atomic mass is 32.1. The Morgan fingerprint density at radius 2 is 2.21 bits per heavy atom. The first-order valence-corrected chi connectivity index (χ1v) is 6.27. The van der Waals surface area contributed by atoms with Gasteiger partial charge in [0.25, 0.3) is 0 Å². The molecule has 0 spiro atoms. The molecule has 2 N–H and O–H groups in total. The Hall–Kier alpha value is -0.410. The van der Waals surface area contributed by atoms with Crippen molar-refractivity contribution >= 4 is 11.3 Å². The van der Waals surface area contributed by atoms with Gasteiger partial charge in [0, 0.05) is 5.38 Å². The number of hydrogen-bond acceptors (Lipinski definition) is 3. The van der Waals surface area contributed by atoms with E-state index in [0.29, 0.717) is 5.92 Å². The van der Waals surface area contributed by atoms with E-state index in [-0.39, 0.29) is 6.04 Å². The third-order valence-electron chi connectivity index (χ3n) is 2.57. The zero-order valence-electron chi connectivity index (χ0n) is 9.29. The van der Waals surface area contributed by atoms with Gasteiger partial charge in [-0.1, -0.05) is 27.2 Å². The lowest BCUT2D eigenvalue weighted by Crippen LogP contribution is -2.09. The lowest BCUT2D eigenvalue weighted by molar-refractivity contribution is 0.625. The first-order chi connectivity index (χ1) is 6.69. The molecule has 0 aliphatic carbocycles. The molecule has 0 saturated carbocycles. The lowest BCUT2D eigenvalue weighted by atomic mass is 10.1. The number of hydrogen-bond donors (Lipinski definition) is 1. The third kappa shape index (κ3) is 2.79. The number of aromatic nitrogens is 1. The normalized spacial score (nSPS) is 15.4. The molecule has 0 bridgehead atoms. The van der Waals surface area contributed by atoms with Gasteiger partial charge < -0.3 is 5.73 Å². The molecule has 80 valence electrons. The summed E-state index contributed by atoms with van der Waals surface area (Å²) in [4.78, 5) is 4.59. The third-order valence-corrected chi connectivity index (χ3v) is 3.57. The van der Waals surface area contributed by atoms with Gasteiger partial charge >= 0.3 is 0 Å². The predicted molar refractivity (Wildman–Crippen MR) is 62.7 cm³/mol.